The van der Waals surface area contributed by atoms with Gasteiger partial charge in [-0.05, 0) is 25.0 Å². The number of benzene rings is 1. The van der Waals surface area contributed by atoms with Crippen LogP contribution in [0.2, 0.25) is 0 Å². The maximum atomic E-state index is 12.7. The first-order chi connectivity index (χ1) is 12.7. The zero-order chi connectivity index (χ0) is 18.4. The lowest BCUT2D eigenvalue weighted by Crippen LogP contribution is -2.12. The van der Waals surface area contributed by atoms with Crippen LogP contribution in [0, 0.1) is 0 Å². The number of carbonyl (C=O) groups excluding carboxylic acids is 1. The fourth-order valence-electron chi connectivity index (χ4n) is 2.49. The molecular formula is C18H20N4OS3. The molecule has 1 aromatic carbocycles. The smallest absolute Gasteiger partial charge is 0.258 e. The highest BCUT2D eigenvalue weighted by atomic mass is 32.2. The van der Waals surface area contributed by atoms with Crippen LogP contribution in [0.15, 0.2) is 40.1 Å². The summed E-state index contributed by atoms with van der Waals surface area (Å²) in [4.78, 5) is 17.9. The molecule has 2 heterocycles. The van der Waals surface area contributed by atoms with Gasteiger partial charge in [0, 0.05) is 21.9 Å². The first-order valence-electron chi connectivity index (χ1n) is 8.44. The standard InChI is InChI=1S/C18H20N4OS3/c1-3-12(4-2)17-21-22-18(26-17)20-16(23)14-7-5-6-8-15(14)25-10-13-9-24-11-19-13/h5-9,11-12H,3-4,10H2,1-2H3,(H,20,22,23). The fraction of sp³-hybridized carbons (Fsp3) is 0.333. The van der Waals surface area contributed by atoms with Gasteiger partial charge in [0.25, 0.3) is 5.91 Å². The first kappa shape index (κ1) is 19.0. The van der Waals surface area contributed by atoms with Gasteiger partial charge in [0.1, 0.15) is 5.01 Å². The number of nitrogens with one attached hydrogen (secondary N) is 1. The summed E-state index contributed by atoms with van der Waals surface area (Å²) in [6.45, 7) is 4.28. The largest absolute Gasteiger partial charge is 0.296 e. The number of amides is 1. The monoisotopic (exact) mass is 404 g/mol. The van der Waals surface area contributed by atoms with Crippen molar-refractivity contribution < 1.29 is 4.79 Å². The average molecular weight is 405 g/mol. The summed E-state index contributed by atoms with van der Waals surface area (Å²) < 4.78 is 0. The predicted molar refractivity (Wildman–Crippen MR) is 109 cm³/mol. The molecule has 8 heteroatoms. The summed E-state index contributed by atoms with van der Waals surface area (Å²) in [7, 11) is 0. The van der Waals surface area contributed by atoms with Gasteiger partial charge in [-0.25, -0.2) is 4.98 Å². The van der Waals surface area contributed by atoms with Gasteiger partial charge in [-0.1, -0.05) is 37.3 Å². The Morgan fingerprint density at radius 2 is 2.04 bits per heavy atom. The summed E-state index contributed by atoms with van der Waals surface area (Å²) in [6, 6.07) is 7.61. The minimum atomic E-state index is -0.154. The number of anilines is 1. The lowest BCUT2D eigenvalue weighted by molar-refractivity contribution is 0.102. The Kier molecular flexibility index (Phi) is 6.76. The van der Waals surface area contributed by atoms with E-state index in [1.807, 2.05) is 35.2 Å². The number of thiazole rings is 1. The first-order valence-corrected chi connectivity index (χ1v) is 11.2. The van der Waals surface area contributed by atoms with E-state index >= 15 is 0 Å². The number of thioether (sulfide) groups is 1. The van der Waals surface area contributed by atoms with Gasteiger partial charge in [0.05, 0.1) is 16.8 Å². The molecule has 0 aliphatic heterocycles. The van der Waals surface area contributed by atoms with Gasteiger partial charge < -0.3 is 0 Å². The Morgan fingerprint density at radius 3 is 2.77 bits per heavy atom. The van der Waals surface area contributed by atoms with Crippen molar-refractivity contribution in [2.24, 2.45) is 0 Å². The molecule has 0 radical (unpaired) electrons. The molecule has 3 aromatic rings. The van der Waals surface area contributed by atoms with Crippen molar-refractivity contribution in [1.29, 1.82) is 0 Å². The van der Waals surface area contributed by atoms with Gasteiger partial charge >= 0.3 is 0 Å². The van der Waals surface area contributed by atoms with Gasteiger partial charge in [-0.2, -0.15) is 0 Å². The van der Waals surface area contributed by atoms with Crippen molar-refractivity contribution in [2.75, 3.05) is 5.32 Å². The number of rotatable bonds is 8. The van der Waals surface area contributed by atoms with Crippen LogP contribution in [0.3, 0.4) is 0 Å². The Hall–Kier alpha value is -1.77. The number of nitrogens with zero attached hydrogens (tertiary/aromatic N) is 3. The van der Waals surface area contributed by atoms with Gasteiger partial charge in [-0.3, -0.25) is 10.1 Å². The van der Waals surface area contributed by atoms with Crippen LogP contribution in [-0.2, 0) is 5.75 Å². The van der Waals surface area contributed by atoms with Crippen molar-refractivity contribution in [3.05, 3.63) is 51.4 Å². The van der Waals surface area contributed by atoms with Crippen molar-refractivity contribution in [1.82, 2.24) is 15.2 Å². The third kappa shape index (κ3) is 4.69. The fourth-order valence-corrected chi connectivity index (χ4v) is 5.11. The Balaban J connectivity index is 1.70. The summed E-state index contributed by atoms with van der Waals surface area (Å²) in [5, 5.41) is 14.8. The van der Waals surface area contributed by atoms with Crippen molar-refractivity contribution >= 4 is 45.5 Å². The van der Waals surface area contributed by atoms with E-state index in [0.29, 0.717) is 16.6 Å². The highest BCUT2D eigenvalue weighted by Gasteiger charge is 2.17. The number of hydrogen-bond acceptors (Lipinski definition) is 7. The zero-order valence-corrected chi connectivity index (χ0v) is 17.1. The molecule has 1 amide bonds. The lowest BCUT2D eigenvalue weighted by atomic mass is 10.1. The molecule has 0 saturated heterocycles. The number of hydrogen-bond donors (Lipinski definition) is 1. The molecule has 0 saturated carbocycles. The second-order valence-corrected chi connectivity index (χ2v) is 8.42. The van der Waals surface area contributed by atoms with E-state index in [4.69, 9.17) is 0 Å². The topological polar surface area (TPSA) is 67.8 Å². The molecule has 136 valence electrons. The second-order valence-electron chi connectivity index (χ2n) is 5.68. The van der Waals surface area contributed by atoms with Crippen LogP contribution in [0.25, 0.3) is 0 Å². The van der Waals surface area contributed by atoms with E-state index < -0.39 is 0 Å². The minimum Gasteiger partial charge on any atom is -0.296 e. The molecule has 0 atom stereocenters. The SMILES string of the molecule is CCC(CC)c1nnc(NC(=O)c2ccccc2SCc2cscn2)s1. The molecule has 0 fully saturated rings. The van der Waals surface area contributed by atoms with Crippen molar-refractivity contribution in [3.63, 3.8) is 0 Å². The highest BCUT2D eigenvalue weighted by Crippen LogP contribution is 2.30. The van der Waals surface area contributed by atoms with Crippen LogP contribution in [0.5, 0.6) is 0 Å². The third-order valence-corrected chi connectivity index (χ3v) is 6.73. The Morgan fingerprint density at radius 1 is 1.23 bits per heavy atom. The van der Waals surface area contributed by atoms with Crippen molar-refractivity contribution in [3.8, 4) is 0 Å². The van der Waals surface area contributed by atoms with E-state index in [2.05, 4.69) is 34.3 Å². The molecule has 0 unspecified atom stereocenters. The summed E-state index contributed by atoms with van der Waals surface area (Å²) in [5.74, 6) is 0.989. The maximum Gasteiger partial charge on any atom is 0.258 e. The Bertz CT molecular complexity index is 844. The third-order valence-electron chi connectivity index (χ3n) is 3.99. The molecule has 0 spiro atoms. The maximum absolute atomic E-state index is 12.7. The quantitative estimate of drug-likeness (QED) is 0.506. The number of carbonyl (C=O) groups is 1. The van der Waals surface area contributed by atoms with E-state index in [9.17, 15) is 4.79 Å². The molecule has 0 bridgehead atoms. The van der Waals surface area contributed by atoms with Gasteiger partial charge in [0.2, 0.25) is 5.13 Å². The zero-order valence-electron chi connectivity index (χ0n) is 14.6. The molecule has 3 rings (SSSR count). The van der Waals surface area contributed by atoms with E-state index in [0.717, 1.165) is 34.2 Å². The van der Waals surface area contributed by atoms with Crippen LogP contribution in [0.4, 0.5) is 5.13 Å². The van der Waals surface area contributed by atoms with E-state index in [-0.39, 0.29) is 5.91 Å². The van der Waals surface area contributed by atoms with Crippen LogP contribution < -0.4 is 5.32 Å². The van der Waals surface area contributed by atoms with E-state index in [1.54, 1.807) is 23.1 Å². The highest BCUT2D eigenvalue weighted by molar-refractivity contribution is 7.98. The Labute approximate surface area is 165 Å². The molecule has 0 aliphatic carbocycles. The normalized spacial score (nSPS) is 11.0. The molecule has 5 nitrogen and oxygen atoms in total. The van der Waals surface area contributed by atoms with E-state index in [1.165, 1.54) is 11.3 Å². The van der Waals surface area contributed by atoms with Crippen LogP contribution in [-0.4, -0.2) is 21.1 Å². The van der Waals surface area contributed by atoms with Gasteiger partial charge in [-0.15, -0.1) is 33.3 Å². The molecule has 26 heavy (non-hydrogen) atoms. The summed E-state index contributed by atoms with van der Waals surface area (Å²) >= 11 is 4.65. The van der Waals surface area contributed by atoms with Crippen molar-refractivity contribution in [2.45, 2.75) is 43.3 Å². The molecule has 2 aromatic heterocycles. The van der Waals surface area contributed by atoms with Crippen LogP contribution >= 0.6 is 34.4 Å². The summed E-state index contributed by atoms with van der Waals surface area (Å²) in [6.07, 6.45) is 2.05. The summed E-state index contributed by atoms with van der Waals surface area (Å²) in [5.41, 5.74) is 3.49. The minimum absolute atomic E-state index is 0.154. The van der Waals surface area contributed by atoms with Crippen LogP contribution in [0.1, 0.15) is 53.7 Å². The average Bonchev–Trinajstić information content (AvgIpc) is 3.33. The molecular weight excluding hydrogens is 384 g/mol. The predicted octanol–water partition coefficient (Wildman–Crippen LogP) is 5.44. The molecule has 0 aliphatic rings. The lowest BCUT2D eigenvalue weighted by Gasteiger charge is -2.08. The molecule has 1 N–H and O–H groups in total. The number of aromatic nitrogens is 3. The second kappa shape index (κ2) is 9.25. The van der Waals surface area contributed by atoms with Gasteiger partial charge in [0.15, 0.2) is 0 Å².